The molecule has 5 heteroatoms. The van der Waals surface area contributed by atoms with Crippen molar-refractivity contribution in [1.82, 2.24) is 14.6 Å². The first-order valence-corrected chi connectivity index (χ1v) is 4.16. The first-order chi connectivity index (χ1) is 4.86. The summed E-state index contributed by atoms with van der Waals surface area (Å²) in [6.45, 7) is 0. The Balaban J connectivity index is 2.86. The molecule has 0 atom stereocenters. The molecule has 0 fully saturated rings. The fourth-order valence-corrected chi connectivity index (χ4v) is 1.48. The molecule has 3 nitrogen and oxygen atoms in total. The summed E-state index contributed by atoms with van der Waals surface area (Å²) in [4.78, 5) is 4.97. The Hall–Kier alpha value is -0.550. The molecule has 0 saturated heterocycles. The number of fused-ring (bicyclic) bond motifs is 1. The minimum Gasteiger partial charge on any atom is -0.241 e. The van der Waals surface area contributed by atoms with Crippen LogP contribution in [0.5, 0.6) is 0 Å². The van der Waals surface area contributed by atoms with E-state index in [2.05, 4.69) is 30.5 Å². The summed E-state index contributed by atoms with van der Waals surface area (Å²) < 4.78 is 4.69. The van der Waals surface area contributed by atoms with Crippen molar-refractivity contribution >= 4 is 37.8 Å². The third kappa shape index (κ3) is 0.911. The van der Waals surface area contributed by atoms with Crippen molar-refractivity contribution < 1.29 is 0 Å². The molecule has 0 aromatic carbocycles. The number of halogens is 1. The van der Waals surface area contributed by atoms with Crippen LogP contribution in [0.3, 0.4) is 0 Å². The molecule has 0 amide bonds. The van der Waals surface area contributed by atoms with Crippen molar-refractivity contribution in [3.8, 4) is 0 Å². The van der Waals surface area contributed by atoms with Gasteiger partial charge in [-0.1, -0.05) is 4.49 Å². The van der Waals surface area contributed by atoms with E-state index >= 15 is 0 Å². The highest BCUT2D eigenvalue weighted by Crippen LogP contribution is 2.16. The second-order valence-corrected chi connectivity index (χ2v) is 3.40. The van der Waals surface area contributed by atoms with Crippen LogP contribution >= 0.6 is 27.5 Å². The highest BCUT2D eigenvalue weighted by molar-refractivity contribution is 9.10. The number of nitrogens with zero attached hydrogens (tertiary/aromatic N) is 3. The quantitative estimate of drug-likeness (QED) is 0.674. The van der Waals surface area contributed by atoms with Gasteiger partial charge in [0.2, 0.25) is 0 Å². The summed E-state index contributed by atoms with van der Waals surface area (Å²) in [7, 11) is 0. The van der Waals surface area contributed by atoms with Gasteiger partial charge in [0.05, 0.1) is 0 Å². The fourth-order valence-electron chi connectivity index (χ4n) is 0.661. The predicted octanol–water partition coefficient (Wildman–Crippen LogP) is 1.85. The summed E-state index contributed by atoms with van der Waals surface area (Å²) >= 11 is 4.59. The molecule has 0 bridgehead atoms. The van der Waals surface area contributed by atoms with Crippen LogP contribution in [0.25, 0.3) is 10.3 Å². The SMILES string of the molecule is Brc1cnc2snnc2c1. The average Bonchev–Trinajstić information content (AvgIpc) is 2.33. The maximum Gasteiger partial charge on any atom is 0.163 e. The van der Waals surface area contributed by atoms with E-state index in [1.165, 1.54) is 11.5 Å². The van der Waals surface area contributed by atoms with Gasteiger partial charge in [0.25, 0.3) is 0 Å². The van der Waals surface area contributed by atoms with Gasteiger partial charge in [-0.25, -0.2) is 4.98 Å². The maximum absolute atomic E-state index is 4.09. The normalized spacial score (nSPS) is 10.5. The molecule has 2 aromatic rings. The Bertz CT molecular complexity index is 358. The van der Waals surface area contributed by atoms with Gasteiger partial charge in [-0.15, -0.1) is 5.10 Å². The molecule has 50 valence electrons. The molecule has 0 N–H and O–H groups in total. The van der Waals surface area contributed by atoms with Crippen LogP contribution < -0.4 is 0 Å². The van der Waals surface area contributed by atoms with E-state index in [0.29, 0.717) is 0 Å². The second-order valence-electron chi connectivity index (χ2n) is 1.75. The number of aromatic nitrogens is 3. The van der Waals surface area contributed by atoms with Crippen LogP contribution in [0.2, 0.25) is 0 Å². The molecule has 0 aliphatic heterocycles. The topological polar surface area (TPSA) is 38.7 Å². The number of hydrogen-bond acceptors (Lipinski definition) is 4. The first kappa shape index (κ1) is 6.18. The summed E-state index contributed by atoms with van der Waals surface area (Å²) in [6, 6.07) is 1.89. The highest BCUT2D eigenvalue weighted by Gasteiger charge is 1.97. The third-order valence-corrected chi connectivity index (χ3v) is 2.16. The van der Waals surface area contributed by atoms with Gasteiger partial charge < -0.3 is 0 Å². The Labute approximate surface area is 69.4 Å². The standard InChI is InChI=1S/C5H2BrN3S/c6-3-1-4-5(7-2-3)10-9-8-4/h1-2H. The second kappa shape index (κ2) is 2.25. The predicted molar refractivity (Wildman–Crippen MR) is 42.9 cm³/mol. The Morgan fingerprint density at radius 3 is 3.30 bits per heavy atom. The van der Waals surface area contributed by atoms with E-state index < -0.39 is 0 Å². The van der Waals surface area contributed by atoms with Crippen molar-refractivity contribution in [3.63, 3.8) is 0 Å². The van der Waals surface area contributed by atoms with Crippen molar-refractivity contribution in [2.24, 2.45) is 0 Å². The Morgan fingerprint density at radius 2 is 2.40 bits per heavy atom. The van der Waals surface area contributed by atoms with Crippen molar-refractivity contribution in [3.05, 3.63) is 16.7 Å². The molecule has 0 radical (unpaired) electrons. The van der Waals surface area contributed by atoms with E-state index in [1.54, 1.807) is 6.20 Å². The van der Waals surface area contributed by atoms with Gasteiger partial charge in [-0.2, -0.15) is 0 Å². The summed E-state index contributed by atoms with van der Waals surface area (Å²) in [6.07, 6.45) is 1.74. The summed E-state index contributed by atoms with van der Waals surface area (Å²) in [5, 5.41) is 3.86. The Morgan fingerprint density at radius 1 is 1.50 bits per heavy atom. The number of hydrogen-bond donors (Lipinski definition) is 0. The molecule has 0 saturated carbocycles. The van der Waals surface area contributed by atoms with Gasteiger partial charge in [-0.05, 0) is 22.0 Å². The van der Waals surface area contributed by atoms with Crippen molar-refractivity contribution in [2.45, 2.75) is 0 Å². The van der Waals surface area contributed by atoms with Crippen molar-refractivity contribution in [2.75, 3.05) is 0 Å². The van der Waals surface area contributed by atoms with Gasteiger partial charge in [0.15, 0.2) is 4.83 Å². The lowest BCUT2D eigenvalue weighted by Gasteiger charge is -1.84. The molecule has 0 unspecified atom stereocenters. The molecule has 0 aliphatic carbocycles. The van der Waals surface area contributed by atoms with E-state index in [4.69, 9.17) is 0 Å². The molecule has 2 heterocycles. The van der Waals surface area contributed by atoms with Crippen LogP contribution in [0.1, 0.15) is 0 Å². The largest absolute Gasteiger partial charge is 0.241 e. The molecule has 0 aliphatic rings. The molecule has 2 aromatic heterocycles. The van der Waals surface area contributed by atoms with Gasteiger partial charge >= 0.3 is 0 Å². The van der Waals surface area contributed by atoms with Crippen LogP contribution in [0.4, 0.5) is 0 Å². The lowest BCUT2D eigenvalue weighted by atomic mass is 10.5. The van der Waals surface area contributed by atoms with Gasteiger partial charge in [0.1, 0.15) is 5.52 Å². The van der Waals surface area contributed by atoms with E-state index in [1.807, 2.05) is 6.07 Å². The minimum atomic E-state index is 0.847. The summed E-state index contributed by atoms with van der Waals surface area (Å²) in [5.41, 5.74) is 0.847. The lowest BCUT2D eigenvalue weighted by molar-refractivity contribution is 1.19. The third-order valence-electron chi connectivity index (χ3n) is 1.07. The zero-order chi connectivity index (χ0) is 6.97. The van der Waals surface area contributed by atoms with Crippen molar-refractivity contribution in [1.29, 1.82) is 0 Å². The van der Waals surface area contributed by atoms with Crippen LogP contribution in [-0.2, 0) is 0 Å². The maximum atomic E-state index is 4.09. The van der Waals surface area contributed by atoms with Crippen LogP contribution in [-0.4, -0.2) is 14.6 Å². The fraction of sp³-hybridized carbons (Fsp3) is 0. The minimum absolute atomic E-state index is 0.847. The lowest BCUT2D eigenvalue weighted by Crippen LogP contribution is -1.72. The zero-order valence-corrected chi connectivity index (χ0v) is 7.19. The van der Waals surface area contributed by atoms with E-state index in [9.17, 15) is 0 Å². The Kier molecular flexibility index (Phi) is 1.39. The average molecular weight is 216 g/mol. The molecule has 2 rings (SSSR count). The number of pyridine rings is 1. The van der Waals surface area contributed by atoms with Crippen LogP contribution in [0, 0.1) is 0 Å². The molecule has 10 heavy (non-hydrogen) atoms. The molecule has 0 spiro atoms. The van der Waals surface area contributed by atoms with E-state index in [0.717, 1.165) is 14.8 Å². The van der Waals surface area contributed by atoms with Gasteiger partial charge in [0, 0.05) is 22.2 Å². The van der Waals surface area contributed by atoms with E-state index in [-0.39, 0.29) is 0 Å². The summed E-state index contributed by atoms with van der Waals surface area (Å²) in [5.74, 6) is 0. The molecular weight excluding hydrogens is 214 g/mol. The highest BCUT2D eigenvalue weighted by atomic mass is 79.9. The molecular formula is C5H2BrN3S. The zero-order valence-electron chi connectivity index (χ0n) is 4.78. The first-order valence-electron chi connectivity index (χ1n) is 2.60. The van der Waals surface area contributed by atoms with Crippen LogP contribution in [0.15, 0.2) is 16.7 Å². The number of rotatable bonds is 0. The monoisotopic (exact) mass is 215 g/mol. The van der Waals surface area contributed by atoms with Gasteiger partial charge in [-0.3, -0.25) is 0 Å². The smallest absolute Gasteiger partial charge is 0.163 e.